The van der Waals surface area contributed by atoms with Crippen LogP contribution in [0, 0.1) is 11.3 Å². The Labute approximate surface area is 353 Å². The molecule has 0 radical (unpaired) electrons. The minimum atomic E-state index is -4.02. The van der Waals surface area contributed by atoms with E-state index in [2.05, 4.69) is 56.0 Å². The van der Waals surface area contributed by atoms with Crippen LogP contribution in [0.25, 0.3) is 21.6 Å². The number of sulfonamides is 1. The second kappa shape index (κ2) is 16.2. The number of ether oxygens (including phenoxy) is 1. The van der Waals surface area contributed by atoms with Crippen molar-refractivity contribution in [3.8, 4) is 16.6 Å². The summed E-state index contributed by atoms with van der Waals surface area (Å²) >= 11 is 1.71. The summed E-state index contributed by atoms with van der Waals surface area (Å²) in [6.07, 6.45) is 10.3. The zero-order chi connectivity index (χ0) is 42.7. The molecule has 59 heavy (non-hydrogen) atoms. The van der Waals surface area contributed by atoms with E-state index in [1.165, 1.54) is 9.78 Å². The highest BCUT2D eigenvalue weighted by atomic mass is 32.2. The first-order valence-corrected chi connectivity index (χ1v) is 23.9. The van der Waals surface area contributed by atoms with Crippen molar-refractivity contribution in [1.29, 1.82) is 0 Å². The molecule has 3 amide bonds. The van der Waals surface area contributed by atoms with Crippen molar-refractivity contribution in [2.45, 2.75) is 166 Å². The third-order valence-corrected chi connectivity index (χ3v) is 16.3. The summed E-state index contributed by atoms with van der Waals surface area (Å²) in [6, 6.07) is 4.51. The van der Waals surface area contributed by atoms with Gasteiger partial charge in [-0.1, -0.05) is 66.2 Å². The van der Waals surface area contributed by atoms with Crippen LogP contribution in [0.5, 0.6) is 6.01 Å². The van der Waals surface area contributed by atoms with Crippen LogP contribution in [0.15, 0.2) is 30.4 Å². The van der Waals surface area contributed by atoms with Crippen molar-refractivity contribution in [3.63, 3.8) is 0 Å². The standard InChI is InChI=1S/C44H63N7O6S2/c1-9-28-24-44(28)40(54)49-59(55,56)43(21-22-43)20-15-13-11-10-12-14-19-33-34(26(2)3)46-38(58-33)30-17-16-18-31-35(30)47-41(51(31)27(4)5)57-29-23-32(37(52)48-44)50(25-29)39(53)36(45)42(6,7)8/h10-11,16-18,26-29,32,36H,9,12-15,19-25,45H2,1-8H3,(H,48,52)(H,49,54)/b11-10-/t28-,29-,32+,36-,44-/m1/s1. The number of carbonyl (C=O) groups is 3. The Morgan fingerprint density at radius 1 is 1.07 bits per heavy atom. The molecule has 2 saturated carbocycles. The molecule has 13 nitrogen and oxygen atoms in total. The van der Waals surface area contributed by atoms with Crippen LogP contribution in [0.3, 0.4) is 0 Å². The third kappa shape index (κ3) is 8.32. The van der Waals surface area contributed by atoms with Crippen molar-refractivity contribution < 1.29 is 27.5 Å². The number of hydrogen-bond acceptors (Lipinski definition) is 10. The zero-order valence-corrected chi connectivity index (χ0v) is 37.6. The molecule has 322 valence electrons. The average molecular weight is 850 g/mol. The first-order chi connectivity index (χ1) is 27.8. The number of aromatic nitrogens is 3. The van der Waals surface area contributed by atoms with Gasteiger partial charge in [0.1, 0.15) is 28.2 Å². The van der Waals surface area contributed by atoms with Crippen molar-refractivity contribution in [3.05, 3.63) is 40.9 Å². The largest absolute Gasteiger partial charge is 0.459 e. The number of thiazole rings is 1. The van der Waals surface area contributed by atoms with Crippen LogP contribution in [0.1, 0.15) is 142 Å². The van der Waals surface area contributed by atoms with Gasteiger partial charge in [0.15, 0.2) is 0 Å². The van der Waals surface area contributed by atoms with E-state index in [9.17, 15) is 22.8 Å². The maximum Gasteiger partial charge on any atom is 0.297 e. The highest BCUT2D eigenvalue weighted by Crippen LogP contribution is 2.50. The van der Waals surface area contributed by atoms with Crippen LogP contribution < -0.4 is 20.5 Å². The molecule has 2 aliphatic heterocycles. The molecule has 4 N–H and O–H groups in total. The van der Waals surface area contributed by atoms with Gasteiger partial charge >= 0.3 is 0 Å². The number of nitrogens with one attached hydrogen (secondary N) is 2. The summed E-state index contributed by atoms with van der Waals surface area (Å²) < 4.78 is 37.9. The highest BCUT2D eigenvalue weighted by molar-refractivity contribution is 7.91. The number of benzene rings is 1. The predicted octanol–water partition coefficient (Wildman–Crippen LogP) is 6.91. The Balaban J connectivity index is 1.27. The summed E-state index contributed by atoms with van der Waals surface area (Å²) in [4.78, 5) is 55.8. The minimum Gasteiger partial charge on any atom is -0.459 e. The number of amides is 3. The number of carbonyl (C=O) groups excluding carboxylic acids is 3. The van der Waals surface area contributed by atoms with Gasteiger partial charge < -0.3 is 20.7 Å². The summed E-state index contributed by atoms with van der Waals surface area (Å²) in [5.41, 5.74) is 8.22. The maximum absolute atomic E-state index is 14.5. The van der Waals surface area contributed by atoms with Gasteiger partial charge in [-0.2, -0.15) is 4.98 Å². The van der Waals surface area contributed by atoms with Gasteiger partial charge in [-0.05, 0) is 101 Å². The van der Waals surface area contributed by atoms with Crippen LogP contribution in [-0.4, -0.2) is 80.6 Å². The van der Waals surface area contributed by atoms with E-state index in [0.717, 1.165) is 53.0 Å². The number of nitrogens with two attached hydrogens (primary N) is 1. The number of aryl methyl sites for hydroxylation is 1. The van der Waals surface area contributed by atoms with Crippen LogP contribution in [0.2, 0.25) is 0 Å². The summed E-state index contributed by atoms with van der Waals surface area (Å²) in [7, 11) is -4.02. The smallest absolute Gasteiger partial charge is 0.297 e. The molecule has 7 rings (SSSR count). The van der Waals surface area contributed by atoms with Crippen molar-refractivity contribution in [2.24, 2.45) is 17.1 Å². The number of para-hydroxylation sites is 1. The van der Waals surface area contributed by atoms with E-state index >= 15 is 0 Å². The third-order valence-electron chi connectivity index (χ3n) is 12.9. The van der Waals surface area contributed by atoms with Gasteiger partial charge in [0.05, 0.1) is 28.5 Å². The molecule has 2 aliphatic carbocycles. The normalized spacial score (nSPS) is 27.2. The molecule has 2 aromatic heterocycles. The predicted molar refractivity (Wildman–Crippen MR) is 232 cm³/mol. The molecule has 6 bridgehead atoms. The number of hydrogen-bond donors (Lipinski definition) is 3. The summed E-state index contributed by atoms with van der Waals surface area (Å²) in [5.74, 6) is -1.66. The molecule has 15 heteroatoms. The monoisotopic (exact) mass is 849 g/mol. The molecule has 2 spiro atoms. The molecule has 5 atom stereocenters. The van der Waals surface area contributed by atoms with Crippen LogP contribution in [-0.2, 0) is 30.8 Å². The van der Waals surface area contributed by atoms with Crippen molar-refractivity contribution in [2.75, 3.05) is 6.54 Å². The molecule has 1 saturated heterocycles. The second-order valence-electron chi connectivity index (χ2n) is 19.0. The number of nitrogens with zero attached hydrogens (tertiary/aromatic N) is 4. The lowest BCUT2D eigenvalue weighted by Gasteiger charge is -2.33. The topological polar surface area (TPSA) is 179 Å². The second-order valence-corrected chi connectivity index (χ2v) is 22.1. The van der Waals surface area contributed by atoms with Crippen molar-refractivity contribution >= 4 is 50.1 Å². The molecule has 3 fully saturated rings. The van der Waals surface area contributed by atoms with E-state index in [1.54, 1.807) is 11.3 Å². The molecule has 3 aromatic rings. The minimum absolute atomic E-state index is 0.0368. The fourth-order valence-electron chi connectivity index (χ4n) is 8.92. The first kappa shape index (κ1) is 43.3. The van der Waals surface area contributed by atoms with Gasteiger partial charge in [-0.15, -0.1) is 11.3 Å². The Bertz CT molecular complexity index is 2230. The highest BCUT2D eigenvalue weighted by Gasteiger charge is 2.63. The molecule has 4 aliphatic rings. The quantitative estimate of drug-likeness (QED) is 0.235. The number of fused-ring (bicyclic) bond motifs is 6. The SMILES string of the molecule is CC[C@@H]1C[C@@]12NC(=O)[C@@H]1C[C@H](CN1C(=O)[C@@H](N)C(C)(C)C)Oc1nc3c(cccc3n1C(C)C)-c1nc(C(C)C)c(s1)CCC/C=C\CCCC1(CC1)S(=O)(=O)NC2=O. The Kier molecular flexibility index (Phi) is 11.9. The molecule has 4 heterocycles. The Morgan fingerprint density at radius 2 is 1.78 bits per heavy atom. The number of likely N-dealkylation sites (tertiary alicyclic amines) is 1. The molecular weight excluding hydrogens is 787 g/mol. The first-order valence-electron chi connectivity index (χ1n) is 21.6. The zero-order valence-electron chi connectivity index (χ0n) is 36.0. The van der Waals surface area contributed by atoms with Crippen molar-refractivity contribution in [1.82, 2.24) is 29.5 Å². The van der Waals surface area contributed by atoms with Gasteiger partial charge in [0, 0.05) is 22.9 Å². The van der Waals surface area contributed by atoms with Gasteiger partial charge in [-0.25, -0.2) is 13.4 Å². The maximum atomic E-state index is 14.5. The number of rotatable bonds is 4. The molecule has 0 unspecified atom stereocenters. The fraction of sp³-hybridized carbons (Fsp3) is 0.659. The summed E-state index contributed by atoms with van der Waals surface area (Å²) in [6.45, 7) is 16.1. The van der Waals surface area contributed by atoms with E-state index in [4.69, 9.17) is 20.4 Å². The van der Waals surface area contributed by atoms with E-state index in [-0.39, 0.29) is 30.8 Å². The van der Waals surface area contributed by atoms with Gasteiger partial charge in [0.25, 0.3) is 11.9 Å². The Morgan fingerprint density at radius 3 is 2.41 bits per heavy atom. The van der Waals surface area contributed by atoms with E-state index in [1.807, 2.05) is 44.4 Å². The van der Waals surface area contributed by atoms with E-state index < -0.39 is 61.6 Å². The fourth-order valence-corrected chi connectivity index (χ4v) is 11.9. The summed E-state index contributed by atoms with van der Waals surface area (Å²) in [5, 5.41) is 3.88. The van der Waals surface area contributed by atoms with Gasteiger partial charge in [-0.3, -0.25) is 23.7 Å². The lowest BCUT2D eigenvalue weighted by atomic mass is 9.86. The lowest BCUT2D eigenvalue weighted by molar-refractivity contribution is -0.142. The molecular formula is C44H63N7O6S2. The van der Waals surface area contributed by atoms with Crippen LogP contribution >= 0.6 is 11.3 Å². The number of allylic oxidation sites excluding steroid dienone is 2. The van der Waals surface area contributed by atoms with Gasteiger partial charge in [0.2, 0.25) is 21.8 Å². The lowest BCUT2D eigenvalue weighted by Crippen LogP contribution is -2.59. The van der Waals surface area contributed by atoms with Crippen LogP contribution in [0.4, 0.5) is 0 Å². The molecule has 1 aromatic carbocycles. The number of imidazole rings is 1. The Hall–Kier alpha value is -3.82. The average Bonchev–Trinajstić information content (AvgIpc) is 3.94. The van der Waals surface area contributed by atoms with E-state index in [0.29, 0.717) is 44.5 Å².